The fourth-order valence-corrected chi connectivity index (χ4v) is 3.47. The standard InChI is InChI=1S/C20H27N3O2S/c1-5-9-15-12-18(24)23-20(21-15)26-14(4)19(25)22-17-11-8-7-10-16(17)13(3)6-2/h7-8,10-14H,5-6,9H2,1-4H3,(H,22,25)(H,21,23,24)/t13-,14-/m1/s1. The lowest BCUT2D eigenvalue weighted by Gasteiger charge is -2.17. The van der Waals surface area contributed by atoms with Gasteiger partial charge in [-0.15, -0.1) is 0 Å². The number of anilines is 1. The largest absolute Gasteiger partial charge is 0.325 e. The van der Waals surface area contributed by atoms with Crippen LogP contribution in [-0.4, -0.2) is 21.1 Å². The molecule has 140 valence electrons. The van der Waals surface area contributed by atoms with Crippen molar-refractivity contribution < 1.29 is 4.79 Å². The summed E-state index contributed by atoms with van der Waals surface area (Å²) < 4.78 is 0. The maximum absolute atomic E-state index is 12.6. The second-order valence-electron chi connectivity index (χ2n) is 6.44. The van der Waals surface area contributed by atoms with Crippen molar-refractivity contribution in [2.24, 2.45) is 0 Å². The molecule has 0 aliphatic rings. The van der Waals surface area contributed by atoms with Crippen LogP contribution in [0.4, 0.5) is 5.69 Å². The Morgan fingerprint density at radius 2 is 2.00 bits per heavy atom. The smallest absolute Gasteiger partial charge is 0.251 e. The van der Waals surface area contributed by atoms with Crippen LogP contribution in [-0.2, 0) is 11.2 Å². The lowest BCUT2D eigenvalue weighted by atomic mass is 9.97. The van der Waals surface area contributed by atoms with E-state index in [1.165, 1.54) is 17.8 Å². The Morgan fingerprint density at radius 3 is 2.69 bits per heavy atom. The maximum atomic E-state index is 12.6. The highest BCUT2D eigenvalue weighted by molar-refractivity contribution is 8.00. The van der Waals surface area contributed by atoms with Crippen molar-refractivity contribution in [2.75, 3.05) is 5.32 Å². The average molecular weight is 374 g/mol. The van der Waals surface area contributed by atoms with E-state index in [1.807, 2.05) is 32.0 Å². The highest BCUT2D eigenvalue weighted by Gasteiger charge is 2.18. The molecule has 5 nitrogen and oxygen atoms in total. The van der Waals surface area contributed by atoms with E-state index in [9.17, 15) is 9.59 Å². The van der Waals surface area contributed by atoms with Gasteiger partial charge in [0.1, 0.15) is 0 Å². The third-order valence-corrected chi connectivity index (χ3v) is 5.28. The first-order chi connectivity index (χ1) is 12.4. The monoisotopic (exact) mass is 373 g/mol. The van der Waals surface area contributed by atoms with E-state index >= 15 is 0 Å². The van der Waals surface area contributed by atoms with Gasteiger partial charge in [-0.3, -0.25) is 9.59 Å². The molecule has 0 radical (unpaired) electrons. The molecule has 0 saturated heterocycles. The highest BCUT2D eigenvalue weighted by atomic mass is 32.2. The van der Waals surface area contributed by atoms with E-state index in [0.29, 0.717) is 11.1 Å². The average Bonchev–Trinajstić information content (AvgIpc) is 2.61. The molecule has 2 rings (SSSR count). The number of hydrogen-bond acceptors (Lipinski definition) is 4. The molecule has 0 unspecified atom stereocenters. The second-order valence-corrected chi connectivity index (χ2v) is 7.77. The number of amides is 1. The number of aryl methyl sites for hydroxylation is 1. The summed E-state index contributed by atoms with van der Waals surface area (Å²) in [5.41, 5.74) is 2.56. The van der Waals surface area contributed by atoms with Crippen molar-refractivity contribution in [3.05, 3.63) is 51.9 Å². The Balaban J connectivity index is 2.10. The van der Waals surface area contributed by atoms with Gasteiger partial charge in [0, 0.05) is 17.4 Å². The summed E-state index contributed by atoms with van der Waals surface area (Å²) in [7, 11) is 0. The number of rotatable bonds is 8. The Labute approximate surface area is 159 Å². The molecule has 0 aliphatic heterocycles. The molecule has 0 aliphatic carbocycles. The van der Waals surface area contributed by atoms with Crippen LogP contribution in [0, 0.1) is 0 Å². The molecule has 6 heteroatoms. The van der Waals surface area contributed by atoms with E-state index in [4.69, 9.17) is 0 Å². The maximum Gasteiger partial charge on any atom is 0.251 e. The molecule has 2 N–H and O–H groups in total. The zero-order valence-electron chi connectivity index (χ0n) is 15.8. The number of benzene rings is 1. The predicted molar refractivity (Wildman–Crippen MR) is 108 cm³/mol. The SMILES string of the molecule is CCCc1cc(=O)[nH]c(S[C@H](C)C(=O)Nc2ccccc2[C@H](C)CC)n1. The Kier molecular flexibility index (Phi) is 7.45. The number of nitrogens with one attached hydrogen (secondary N) is 2. The molecule has 1 heterocycles. The summed E-state index contributed by atoms with van der Waals surface area (Å²) in [5.74, 6) is 0.271. The van der Waals surface area contributed by atoms with Crippen LogP contribution < -0.4 is 10.9 Å². The lowest BCUT2D eigenvalue weighted by molar-refractivity contribution is -0.115. The molecule has 1 aromatic heterocycles. The van der Waals surface area contributed by atoms with Crippen molar-refractivity contribution >= 4 is 23.4 Å². The molecule has 0 spiro atoms. The first-order valence-electron chi connectivity index (χ1n) is 9.11. The van der Waals surface area contributed by atoms with Crippen LogP contribution in [0.5, 0.6) is 0 Å². The fraction of sp³-hybridized carbons (Fsp3) is 0.450. The molecule has 0 fully saturated rings. The third-order valence-electron chi connectivity index (χ3n) is 4.30. The highest BCUT2D eigenvalue weighted by Crippen LogP contribution is 2.27. The van der Waals surface area contributed by atoms with Crippen LogP contribution >= 0.6 is 11.8 Å². The van der Waals surface area contributed by atoms with Gasteiger partial charge in [0.15, 0.2) is 5.16 Å². The lowest BCUT2D eigenvalue weighted by Crippen LogP contribution is -2.24. The summed E-state index contributed by atoms with van der Waals surface area (Å²) in [5, 5.41) is 3.13. The minimum atomic E-state index is -0.375. The summed E-state index contributed by atoms with van der Waals surface area (Å²) in [4.78, 5) is 31.5. The van der Waals surface area contributed by atoms with E-state index in [1.54, 1.807) is 0 Å². The van der Waals surface area contributed by atoms with Gasteiger partial charge < -0.3 is 10.3 Å². The zero-order chi connectivity index (χ0) is 19.1. The molecule has 26 heavy (non-hydrogen) atoms. The van der Waals surface area contributed by atoms with Gasteiger partial charge >= 0.3 is 0 Å². The number of para-hydroxylation sites is 1. The molecule has 2 atom stereocenters. The Morgan fingerprint density at radius 1 is 1.27 bits per heavy atom. The van der Waals surface area contributed by atoms with Gasteiger partial charge in [-0.05, 0) is 37.3 Å². The molecule has 0 saturated carbocycles. The van der Waals surface area contributed by atoms with Crippen LogP contribution in [0.3, 0.4) is 0 Å². The second kappa shape index (κ2) is 9.57. The van der Waals surface area contributed by atoms with Crippen molar-refractivity contribution in [3.63, 3.8) is 0 Å². The number of carbonyl (C=O) groups excluding carboxylic acids is 1. The molecular formula is C20H27N3O2S. The summed E-state index contributed by atoms with van der Waals surface area (Å²) in [6, 6.07) is 9.41. The summed E-state index contributed by atoms with van der Waals surface area (Å²) in [6.45, 7) is 8.14. The first-order valence-corrected chi connectivity index (χ1v) is 9.99. The summed E-state index contributed by atoms with van der Waals surface area (Å²) >= 11 is 1.27. The number of thioether (sulfide) groups is 1. The minimum Gasteiger partial charge on any atom is -0.325 e. The van der Waals surface area contributed by atoms with Gasteiger partial charge in [0.2, 0.25) is 5.91 Å². The van der Waals surface area contributed by atoms with Crippen molar-refractivity contribution in [2.45, 2.75) is 63.3 Å². The van der Waals surface area contributed by atoms with Gasteiger partial charge in [-0.1, -0.05) is 57.2 Å². The van der Waals surface area contributed by atoms with Crippen molar-refractivity contribution in [1.29, 1.82) is 0 Å². The number of aromatic amines is 1. The van der Waals surface area contributed by atoms with Gasteiger partial charge in [-0.2, -0.15) is 0 Å². The quantitative estimate of drug-likeness (QED) is 0.533. The van der Waals surface area contributed by atoms with Crippen LogP contribution in [0.15, 0.2) is 40.3 Å². The van der Waals surface area contributed by atoms with Gasteiger partial charge in [0.05, 0.1) is 5.25 Å². The van der Waals surface area contributed by atoms with E-state index in [0.717, 1.165) is 36.2 Å². The zero-order valence-corrected chi connectivity index (χ0v) is 16.7. The molecule has 2 aromatic rings. The van der Waals surface area contributed by atoms with Gasteiger partial charge in [0.25, 0.3) is 5.56 Å². The minimum absolute atomic E-state index is 0.103. The van der Waals surface area contributed by atoms with E-state index in [-0.39, 0.29) is 16.7 Å². The van der Waals surface area contributed by atoms with E-state index in [2.05, 4.69) is 35.2 Å². The van der Waals surface area contributed by atoms with Crippen molar-refractivity contribution in [1.82, 2.24) is 9.97 Å². The predicted octanol–water partition coefficient (Wildman–Crippen LogP) is 4.36. The van der Waals surface area contributed by atoms with Crippen LogP contribution in [0.1, 0.15) is 57.7 Å². The Hall–Kier alpha value is -2.08. The van der Waals surface area contributed by atoms with Crippen LogP contribution in [0.25, 0.3) is 0 Å². The van der Waals surface area contributed by atoms with Crippen LogP contribution in [0.2, 0.25) is 0 Å². The summed E-state index contributed by atoms with van der Waals surface area (Å²) in [6.07, 6.45) is 2.68. The third kappa shape index (κ3) is 5.46. The number of carbonyl (C=O) groups is 1. The number of nitrogens with zero attached hydrogens (tertiary/aromatic N) is 1. The normalized spacial score (nSPS) is 13.2. The Bertz CT molecular complexity index is 804. The first kappa shape index (κ1) is 20.2. The molecule has 1 aromatic carbocycles. The van der Waals surface area contributed by atoms with Crippen molar-refractivity contribution in [3.8, 4) is 0 Å². The fourth-order valence-electron chi connectivity index (χ4n) is 2.64. The molecule has 0 bridgehead atoms. The molecular weight excluding hydrogens is 346 g/mol. The number of H-pyrrole nitrogens is 1. The number of aromatic nitrogens is 2. The van der Waals surface area contributed by atoms with Gasteiger partial charge in [-0.25, -0.2) is 4.98 Å². The topological polar surface area (TPSA) is 74.8 Å². The number of hydrogen-bond donors (Lipinski definition) is 2. The van der Waals surface area contributed by atoms with E-state index < -0.39 is 0 Å². The molecule has 1 amide bonds.